The highest BCUT2D eigenvalue weighted by atomic mass is 32.2. The molecule has 0 aliphatic carbocycles. The van der Waals surface area contributed by atoms with Gasteiger partial charge in [0.05, 0.1) is 5.52 Å². The zero-order valence-corrected chi connectivity index (χ0v) is 12.9. The van der Waals surface area contributed by atoms with E-state index in [9.17, 15) is 13.0 Å². The minimum absolute atomic E-state index is 0.0836. The highest BCUT2D eigenvalue weighted by Gasteiger charge is 2.20. The number of aromatic nitrogens is 2. The highest BCUT2D eigenvalue weighted by molar-refractivity contribution is 7.84. The summed E-state index contributed by atoms with van der Waals surface area (Å²) in [5.74, 6) is 0.396. The van der Waals surface area contributed by atoms with Crippen LogP contribution in [0.15, 0.2) is 24.3 Å². The van der Waals surface area contributed by atoms with Gasteiger partial charge < -0.3 is 4.90 Å². The van der Waals surface area contributed by atoms with Gasteiger partial charge in [-0.3, -0.25) is 4.21 Å². The fourth-order valence-electron chi connectivity index (χ4n) is 2.10. The van der Waals surface area contributed by atoms with Gasteiger partial charge in [-0.2, -0.15) is 0 Å². The second-order valence-electron chi connectivity index (χ2n) is 4.92. The number of hydrogen-bond acceptors (Lipinski definition) is 4. The monoisotopic (exact) mass is 313 g/mol. The predicted octanol–water partition coefficient (Wildman–Crippen LogP) is 2.77. The van der Waals surface area contributed by atoms with E-state index in [1.54, 1.807) is 36.4 Å². The highest BCUT2D eigenvalue weighted by Crippen LogP contribution is 2.27. The van der Waals surface area contributed by atoms with Crippen molar-refractivity contribution in [1.29, 1.82) is 0 Å². The van der Waals surface area contributed by atoms with Crippen LogP contribution >= 0.6 is 0 Å². The second kappa shape index (κ2) is 6.43. The third-order valence-electron chi connectivity index (χ3n) is 3.27. The molecule has 114 valence electrons. The van der Waals surface area contributed by atoms with Crippen LogP contribution in [0.3, 0.4) is 0 Å². The van der Waals surface area contributed by atoms with Crippen molar-refractivity contribution in [2.75, 3.05) is 24.0 Å². The molecule has 0 N–H and O–H groups in total. The van der Waals surface area contributed by atoms with Crippen LogP contribution in [0.25, 0.3) is 10.9 Å². The summed E-state index contributed by atoms with van der Waals surface area (Å²) >= 11 is 0. The molecule has 1 aromatic carbocycles. The minimum Gasteiger partial charge on any atom is -0.355 e. The molecule has 1 aromatic heterocycles. The summed E-state index contributed by atoms with van der Waals surface area (Å²) < 4.78 is 37.3. The molecule has 21 heavy (non-hydrogen) atoms. The molecule has 0 radical (unpaired) electrons. The molecule has 2 aromatic rings. The van der Waals surface area contributed by atoms with Crippen LogP contribution in [0.4, 0.5) is 14.6 Å². The van der Waals surface area contributed by atoms with E-state index in [4.69, 9.17) is 0 Å². The molecule has 2 rings (SSSR count). The summed E-state index contributed by atoms with van der Waals surface area (Å²) in [4.78, 5) is 9.66. The van der Waals surface area contributed by atoms with E-state index in [2.05, 4.69) is 9.97 Å². The number of anilines is 1. The van der Waals surface area contributed by atoms with E-state index in [0.717, 1.165) is 0 Å². The fraction of sp³-hybridized carbons (Fsp3) is 0.429. The van der Waals surface area contributed by atoms with Crippen molar-refractivity contribution in [3.05, 3.63) is 30.1 Å². The van der Waals surface area contributed by atoms with Gasteiger partial charge in [0.15, 0.2) is 5.82 Å². The summed E-state index contributed by atoms with van der Waals surface area (Å²) in [6, 6.07) is 6.96. The molecular weight excluding hydrogens is 296 g/mol. The molecule has 0 saturated carbocycles. The standard InChI is InChI=1S/C14H17F2N3OS/c1-9(8-21(3)20)19(2)14-10-6-4-5-7-11(10)17-13(18-14)12(15)16/h4-7,9,12H,8H2,1-3H3/t9-,21-/m1/s1. The van der Waals surface area contributed by atoms with Gasteiger partial charge in [-0.25, -0.2) is 18.7 Å². The van der Waals surface area contributed by atoms with Crippen molar-refractivity contribution in [3.8, 4) is 0 Å². The average molecular weight is 313 g/mol. The zero-order chi connectivity index (χ0) is 15.6. The number of fused-ring (bicyclic) bond motifs is 1. The lowest BCUT2D eigenvalue weighted by Crippen LogP contribution is -2.34. The van der Waals surface area contributed by atoms with E-state index >= 15 is 0 Å². The third kappa shape index (κ3) is 3.53. The first-order valence-corrected chi connectivity index (χ1v) is 8.20. The average Bonchev–Trinajstić information content (AvgIpc) is 2.44. The SMILES string of the molecule is C[C@H](C[S@@](C)=O)N(C)c1nc(C(F)F)nc2ccccc12. The normalized spacial score (nSPS) is 14.4. The minimum atomic E-state index is -2.72. The molecule has 0 fully saturated rings. The van der Waals surface area contributed by atoms with Crippen LogP contribution in [0.5, 0.6) is 0 Å². The number of hydrogen-bond donors (Lipinski definition) is 0. The van der Waals surface area contributed by atoms with Crippen molar-refractivity contribution in [2.24, 2.45) is 0 Å². The number of halogens is 2. The molecule has 0 bridgehead atoms. The summed E-state index contributed by atoms with van der Waals surface area (Å²) in [6.07, 6.45) is -1.11. The second-order valence-corrected chi connectivity index (χ2v) is 6.40. The third-order valence-corrected chi connectivity index (χ3v) is 4.22. The van der Waals surface area contributed by atoms with Gasteiger partial charge in [0, 0.05) is 41.3 Å². The maximum absolute atomic E-state index is 13.0. The van der Waals surface area contributed by atoms with E-state index in [0.29, 0.717) is 22.5 Å². The van der Waals surface area contributed by atoms with Crippen molar-refractivity contribution in [1.82, 2.24) is 9.97 Å². The molecule has 0 amide bonds. The number of benzene rings is 1. The van der Waals surface area contributed by atoms with E-state index in [1.807, 2.05) is 13.0 Å². The molecule has 1 heterocycles. The molecular formula is C14H17F2N3OS. The predicted molar refractivity (Wildman–Crippen MR) is 81.3 cm³/mol. The molecule has 0 saturated heterocycles. The first-order valence-electron chi connectivity index (χ1n) is 6.48. The van der Waals surface area contributed by atoms with Crippen molar-refractivity contribution in [3.63, 3.8) is 0 Å². The van der Waals surface area contributed by atoms with Crippen LogP contribution in [-0.4, -0.2) is 39.3 Å². The largest absolute Gasteiger partial charge is 0.355 e. The molecule has 0 aliphatic rings. The summed E-state index contributed by atoms with van der Waals surface area (Å²) in [5.41, 5.74) is 0.481. The van der Waals surface area contributed by atoms with Gasteiger partial charge in [-0.1, -0.05) is 12.1 Å². The molecule has 4 nitrogen and oxygen atoms in total. The van der Waals surface area contributed by atoms with Crippen molar-refractivity contribution in [2.45, 2.75) is 19.4 Å². The van der Waals surface area contributed by atoms with Gasteiger partial charge in [0.2, 0.25) is 0 Å². The van der Waals surface area contributed by atoms with Gasteiger partial charge in [-0.05, 0) is 19.1 Å². The molecule has 0 spiro atoms. The molecule has 0 unspecified atom stereocenters. The number of nitrogens with zero attached hydrogens (tertiary/aromatic N) is 3. The Bertz CT molecular complexity index is 666. The lowest BCUT2D eigenvalue weighted by atomic mass is 10.2. The first-order chi connectivity index (χ1) is 9.90. The van der Waals surface area contributed by atoms with Crippen LogP contribution in [-0.2, 0) is 10.8 Å². The van der Waals surface area contributed by atoms with Gasteiger partial charge in [-0.15, -0.1) is 0 Å². The van der Waals surface area contributed by atoms with Crippen LogP contribution in [0, 0.1) is 0 Å². The van der Waals surface area contributed by atoms with Crippen molar-refractivity contribution < 1.29 is 13.0 Å². The van der Waals surface area contributed by atoms with Gasteiger partial charge in [0.1, 0.15) is 5.82 Å². The van der Waals surface area contributed by atoms with Crippen LogP contribution in [0.2, 0.25) is 0 Å². The Morgan fingerprint density at radius 3 is 2.57 bits per heavy atom. The Kier molecular flexibility index (Phi) is 4.82. The Morgan fingerprint density at radius 1 is 1.29 bits per heavy atom. The van der Waals surface area contributed by atoms with Gasteiger partial charge in [0.25, 0.3) is 6.43 Å². The smallest absolute Gasteiger partial charge is 0.297 e. The Morgan fingerprint density at radius 2 is 1.95 bits per heavy atom. The lowest BCUT2D eigenvalue weighted by Gasteiger charge is -2.26. The maximum atomic E-state index is 13.0. The van der Waals surface area contributed by atoms with Gasteiger partial charge >= 0.3 is 0 Å². The summed E-state index contributed by atoms with van der Waals surface area (Å²) in [7, 11) is 0.794. The number of alkyl halides is 2. The topological polar surface area (TPSA) is 46.1 Å². The quantitative estimate of drug-likeness (QED) is 0.851. The lowest BCUT2D eigenvalue weighted by molar-refractivity contribution is 0.141. The zero-order valence-electron chi connectivity index (χ0n) is 12.1. The Balaban J connectivity index is 2.52. The number of para-hydroxylation sites is 1. The summed E-state index contributed by atoms with van der Waals surface area (Å²) in [5, 5.41) is 0.707. The molecule has 2 atom stereocenters. The molecule has 7 heteroatoms. The van der Waals surface area contributed by atoms with E-state index < -0.39 is 23.0 Å². The summed E-state index contributed by atoms with van der Waals surface area (Å²) in [6.45, 7) is 1.89. The van der Waals surface area contributed by atoms with E-state index in [1.165, 1.54) is 0 Å². The van der Waals surface area contributed by atoms with E-state index in [-0.39, 0.29) is 6.04 Å². The molecule has 0 aliphatic heterocycles. The number of rotatable bonds is 5. The Labute approximate surface area is 124 Å². The Hall–Kier alpha value is -1.63. The maximum Gasteiger partial charge on any atom is 0.297 e. The van der Waals surface area contributed by atoms with Crippen LogP contribution in [0.1, 0.15) is 19.2 Å². The fourth-order valence-corrected chi connectivity index (χ4v) is 3.01. The van der Waals surface area contributed by atoms with Crippen molar-refractivity contribution >= 4 is 27.5 Å². The first kappa shape index (κ1) is 15.8. The van der Waals surface area contributed by atoms with Crippen LogP contribution < -0.4 is 4.90 Å².